The molecule has 1 aromatic carbocycles. The van der Waals surface area contributed by atoms with E-state index in [0.717, 1.165) is 18.4 Å². The Kier molecular flexibility index (Phi) is 7.61. The molecule has 0 radical (unpaired) electrons. The number of aliphatic hydroxyl groups excluding tert-OH is 3. The smallest absolute Gasteiger partial charge is 0.163 e. The van der Waals surface area contributed by atoms with E-state index in [0.29, 0.717) is 12.0 Å². The molecule has 150 valence electrons. The van der Waals surface area contributed by atoms with Crippen LogP contribution in [0.5, 0.6) is 5.75 Å². The van der Waals surface area contributed by atoms with Crippen LogP contribution in [-0.4, -0.2) is 59.2 Å². The van der Waals surface area contributed by atoms with Crippen LogP contribution in [0.3, 0.4) is 0 Å². The van der Waals surface area contributed by atoms with Crippen molar-refractivity contribution < 1.29 is 28.8 Å². The second kappa shape index (κ2) is 9.50. The minimum absolute atomic E-state index is 0.180. The summed E-state index contributed by atoms with van der Waals surface area (Å²) in [6.45, 7) is 0.984. The summed E-state index contributed by atoms with van der Waals surface area (Å²) in [7, 11) is -3.59. The summed E-state index contributed by atoms with van der Waals surface area (Å²) in [5, 5.41) is 38.3. The molecule has 0 bridgehead atoms. The Morgan fingerprint density at radius 1 is 1.26 bits per heavy atom. The Morgan fingerprint density at radius 3 is 2.56 bits per heavy atom. The molecule has 7 heteroatoms. The topological polar surface area (TPSA) is 115 Å². The molecule has 1 aliphatic heterocycles. The van der Waals surface area contributed by atoms with Crippen molar-refractivity contribution in [3.05, 3.63) is 46.5 Å². The predicted octanol–water partition coefficient (Wildman–Crippen LogP) is 1.79. The van der Waals surface area contributed by atoms with Crippen molar-refractivity contribution in [1.82, 2.24) is 0 Å². The predicted molar refractivity (Wildman–Crippen MR) is 105 cm³/mol. The van der Waals surface area contributed by atoms with Crippen molar-refractivity contribution >= 4 is 15.9 Å². The molecule has 2 rings (SSSR count). The van der Waals surface area contributed by atoms with Crippen molar-refractivity contribution in [1.29, 1.82) is 0 Å². The van der Waals surface area contributed by atoms with Gasteiger partial charge in [-0.1, -0.05) is 43.2 Å². The Hall–Kier alpha value is -1.67. The molecule has 27 heavy (non-hydrogen) atoms. The highest BCUT2D eigenvalue weighted by atomic mass is 32.2. The number of para-hydroxylation sites is 1. The number of rotatable bonds is 9. The van der Waals surface area contributed by atoms with Crippen LogP contribution in [0.15, 0.2) is 41.0 Å². The maximum absolute atomic E-state index is 12.1. The van der Waals surface area contributed by atoms with Crippen molar-refractivity contribution in [2.75, 3.05) is 19.0 Å². The molecule has 6 nitrogen and oxygen atoms in total. The fraction of sp³-hybridized carbons (Fsp3) is 0.500. The number of aliphatic hydroxyl groups is 3. The van der Waals surface area contributed by atoms with Crippen molar-refractivity contribution in [3.63, 3.8) is 0 Å². The summed E-state index contributed by atoms with van der Waals surface area (Å²) in [5.41, 5.74) is 2.25. The summed E-state index contributed by atoms with van der Waals surface area (Å²) in [4.78, 5) is 0. The van der Waals surface area contributed by atoms with Crippen LogP contribution in [0.25, 0.3) is 6.08 Å². The molecular formula is C20H28O6S. The second-order valence-electron chi connectivity index (χ2n) is 6.86. The number of hydrogen-bond donors (Lipinski definition) is 4. The molecule has 1 aromatic rings. The molecule has 0 saturated heterocycles. The fourth-order valence-electron chi connectivity index (χ4n) is 3.54. The molecule has 2 atom stereocenters. The van der Waals surface area contributed by atoms with Crippen molar-refractivity contribution in [2.24, 2.45) is 0 Å². The SMILES string of the molecule is CCC/C(=C\c1ccccc1O)CC[C@@H](O)C1=C(CO)CS(=O)(=O)[C@H]1CO. The number of hydrogen-bond acceptors (Lipinski definition) is 6. The van der Waals surface area contributed by atoms with Gasteiger partial charge in [0.15, 0.2) is 9.84 Å². The minimum atomic E-state index is -3.59. The number of phenols is 1. The number of sulfone groups is 1. The maximum Gasteiger partial charge on any atom is 0.163 e. The van der Waals surface area contributed by atoms with Crippen LogP contribution < -0.4 is 0 Å². The Balaban J connectivity index is 2.18. The largest absolute Gasteiger partial charge is 0.507 e. The van der Waals surface area contributed by atoms with Crippen molar-refractivity contribution in [3.8, 4) is 5.75 Å². The molecule has 0 saturated carbocycles. The Morgan fingerprint density at radius 2 is 1.96 bits per heavy atom. The first kappa shape index (κ1) is 21.6. The highest BCUT2D eigenvalue weighted by Gasteiger charge is 2.40. The summed E-state index contributed by atoms with van der Waals surface area (Å²) < 4.78 is 24.3. The average Bonchev–Trinajstić information content (AvgIpc) is 2.91. The Bertz CT molecular complexity index is 810. The van der Waals surface area contributed by atoms with E-state index in [1.807, 2.05) is 19.1 Å². The van der Waals surface area contributed by atoms with Crippen LogP contribution >= 0.6 is 0 Å². The van der Waals surface area contributed by atoms with Gasteiger partial charge in [-0.2, -0.15) is 0 Å². The number of allylic oxidation sites excluding steroid dienone is 1. The zero-order chi connectivity index (χ0) is 20.0. The molecule has 1 heterocycles. The molecule has 1 aliphatic rings. The van der Waals surface area contributed by atoms with E-state index in [1.165, 1.54) is 0 Å². The second-order valence-corrected chi connectivity index (χ2v) is 9.04. The third-order valence-corrected chi connectivity index (χ3v) is 6.91. The zero-order valence-electron chi connectivity index (χ0n) is 15.5. The standard InChI is InChI=1S/C20H28O6S/c1-2-5-14(10-15-6-3-4-7-17(15)23)8-9-18(24)20-16(11-21)13-27(25,26)19(20)12-22/h3-4,6-7,10,18-19,21-24H,2,5,8-9,11-13H2,1H3/b14-10+/t18-,19+/m1/s1. The van der Waals surface area contributed by atoms with Crippen LogP contribution in [-0.2, 0) is 9.84 Å². The van der Waals surface area contributed by atoms with E-state index in [-0.39, 0.29) is 29.1 Å². The summed E-state index contributed by atoms with van der Waals surface area (Å²) in [5.74, 6) is -0.143. The lowest BCUT2D eigenvalue weighted by molar-refractivity contribution is 0.186. The maximum atomic E-state index is 12.1. The highest BCUT2D eigenvalue weighted by molar-refractivity contribution is 7.92. The third-order valence-electron chi connectivity index (χ3n) is 4.89. The zero-order valence-corrected chi connectivity index (χ0v) is 16.3. The minimum Gasteiger partial charge on any atom is -0.507 e. The van der Waals surface area contributed by atoms with Crippen LogP contribution in [0.1, 0.15) is 38.2 Å². The van der Waals surface area contributed by atoms with E-state index in [1.54, 1.807) is 18.2 Å². The molecule has 0 fully saturated rings. The molecule has 0 aliphatic carbocycles. The van der Waals surface area contributed by atoms with Gasteiger partial charge in [0.05, 0.1) is 25.1 Å². The molecule has 4 N–H and O–H groups in total. The van der Waals surface area contributed by atoms with E-state index in [4.69, 9.17) is 0 Å². The third kappa shape index (κ3) is 5.19. The average molecular weight is 397 g/mol. The summed E-state index contributed by atoms with van der Waals surface area (Å²) in [6, 6.07) is 6.99. The quantitative estimate of drug-likeness (QED) is 0.473. The van der Waals surface area contributed by atoms with Crippen LogP contribution in [0, 0.1) is 0 Å². The fourth-order valence-corrected chi connectivity index (χ4v) is 5.43. The van der Waals surface area contributed by atoms with Crippen LogP contribution in [0.2, 0.25) is 0 Å². The van der Waals surface area contributed by atoms with E-state index < -0.39 is 34.4 Å². The van der Waals surface area contributed by atoms with Gasteiger partial charge in [-0.25, -0.2) is 8.42 Å². The molecule has 0 unspecified atom stereocenters. The van der Waals surface area contributed by atoms with Gasteiger partial charge in [-0.15, -0.1) is 0 Å². The molecule has 0 aromatic heterocycles. The van der Waals surface area contributed by atoms with Crippen molar-refractivity contribution in [2.45, 2.75) is 44.0 Å². The monoisotopic (exact) mass is 396 g/mol. The normalized spacial score (nSPS) is 20.9. The first-order valence-electron chi connectivity index (χ1n) is 9.14. The lowest BCUT2D eigenvalue weighted by Crippen LogP contribution is -2.29. The van der Waals surface area contributed by atoms with E-state index in [2.05, 4.69) is 0 Å². The van der Waals surface area contributed by atoms with Gasteiger partial charge in [0.1, 0.15) is 11.0 Å². The van der Waals surface area contributed by atoms with Gasteiger partial charge >= 0.3 is 0 Å². The summed E-state index contributed by atoms with van der Waals surface area (Å²) in [6.07, 6.45) is 3.32. The Labute approximate surface area is 160 Å². The van der Waals surface area contributed by atoms with Gasteiger partial charge in [0.25, 0.3) is 0 Å². The molecule has 0 amide bonds. The van der Waals surface area contributed by atoms with Gasteiger partial charge in [-0.05, 0) is 36.5 Å². The first-order chi connectivity index (χ1) is 12.8. The number of phenolic OH excluding ortho intramolecular Hbond substituents is 1. The van der Waals surface area contributed by atoms with Crippen LogP contribution in [0.4, 0.5) is 0 Å². The van der Waals surface area contributed by atoms with Gasteiger partial charge in [-0.3, -0.25) is 0 Å². The van der Waals surface area contributed by atoms with E-state index in [9.17, 15) is 28.8 Å². The highest BCUT2D eigenvalue weighted by Crippen LogP contribution is 2.32. The lowest BCUT2D eigenvalue weighted by Gasteiger charge is -2.19. The van der Waals surface area contributed by atoms with E-state index >= 15 is 0 Å². The van der Waals surface area contributed by atoms with Gasteiger partial charge in [0.2, 0.25) is 0 Å². The van der Waals surface area contributed by atoms with Gasteiger partial charge < -0.3 is 20.4 Å². The summed E-state index contributed by atoms with van der Waals surface area (Å²) >= 11 is 0. The van der Waals surface area contributed by atoms with Gasteiger partial charge in [0, 0.05) is 5.56 Å². The number of aromatic hydroxyl groups is 1. The lowest BCUT2D eigenvalue weighted by atomic mass is 9.93. The first-order valence-corrected chi connectivity index (χ1v) is 10.9. The molecular weight excluding hydrogens is 368 g/mol. The molecule has 0 spiro atoms. The number of benzene rings is 1.